The van der Waals surface area contributed by atoms with Crippen LogP contribution >= 0.6 is 0 Å². The molecule has 0 aliphatic carbocycles. The smallest absolute Gasteiger partial charge is 0.210 e. The van der Waals surface area contributed by atoms with Crippen molar-refractivity contribution in [3.05, 3.63) is 32.1 Å². The molecule has 2 nitrogen and oxygen atoms in total. The first-order valence-electron chi connectivity index (χ1n) is 2.68. The van der Waals surface area contributed by atoms with Crippen LogP contribution in [0.1, 0.15) is 0 Å². The molecule has 0 bridgehead atoms. The summed E-state index contributed by atoms with van der Waals surface area (Å²) in [4.78, 5) is 0. The minimum atomic E-state index is 0.483. The van der Waals surface area contributed by atoms with E-state index in [0.717, 1.165) is 0 Å². The summed E-state index contributed by atoms with van der Waals surface area (Å²) >= 11 is 0. The highest BCUT2D eigenvalue weighted by molar-refractivity contribution is 4.66. The highest BCUT2D eigenvalue weighted by Crippen LogP contribution is 1.84. The fourth-order valence-corrected chi connectivity index (χ4v) is 0.263. The molecule has 0 aliphatic rings. The fraction of sp³-hybridized carbons (Fsp3) is 0.286. The van der Waals surface area contributed by atoms with Crippen molar-refractivity contribution >= 4 is 0 Å². The van der Waals surface area contributed by atoms with E-state index >= 15 is 0 Å². The van der Waals surface area contributed by atoms with Crippen molar-refractivity contribution in [2.45, 2.75) is 0 Å². The third kappa shape index (κ3) is 7.40. The average Bonchev–Trinajstić information content (AvgIpc) is 1.89. The Kier molecular flexibility index (Phi) is 6.91. The maximum atomic E-state index is 4.77. The SMILES string of the molecule is C=CCO[CH]OCC=C. The van der Waals surface area contributed by atoms with Crippen LogP contribution in [0.3, 0.4) is 0 Å². The van der Waals surface area contributed by atoms with E-state index in [4.69, 9.17) is 9.47 Å². The molecule has 0 fully saturated rings. The fourth-order valence-electron chi connectivity index (χ4n) is 0.263. The van der Waals surface area contributed by atoms with Crippen LogP contribution in [0.4, 0.5) is 0 Å². The maximum absolute atomic E-state index is 4.77. The normalized spacial score (nSPS) is 8.89. The Morgan fingerprint density at radius 1 is 1.00 bits per heavy atom. The van der Waals surface area contributed by atoms with E-state index < -0.39 is 0 Å². The van der Waals surface area contributed by atoms with Crippen LogP contribution < -0.4 is 0 Å². The second-order valence-electron chi connectivity index (χ2n) is 1.34. The van der Waals surface area contributed by atoms with E-state index in [2.05, 4.69) is 13.2 Å². The van der Waals surface area contributed by atoms with E-state index in [1.165, 1.54) is 6.79 Å². The molecule has 0 N–H and O–H groups in total. The summed E-state index contributed by atoms with van der Waals surface area (Å²) in [6.45, 7) is 9.16. The zero-order valence-electron chi connectivity index (χ0n) is 5.38. The van der Waals surface area contributed by atoms with Gasteiger partial charge in [-0.3, -0.25) is 0 Å². The molecule has 0 spiro atoms. The molecular weight excluding hydrogens is 116 g/mol. The van der Waals surface area contributed by atoms with Crippen LogP contribution in [0.2, 0.25) is 0 Å². The largest absolute Gasteiger partial charge is 0.344 e. The highest BCUT2D eigenvalue weighted by atomic mass is 16.7. The summed E-state index contributed by atoms with van der Waals surface area (Å²) in [6, 6.07) is 0. The summed E-state index contributed by atoms with van der Waals surface area (Å²) in [6.07, 6.45) is 3.29. The van der Waals surface area contributed by atoms with Gasteiger partial charge in [-0.15, -0.1) is 13.2 Å². The van der Waals surface area contributed by atoms with Crippen LogP contribution in [0, 0.1) is 6.79 Å². The molecule has 0 unspecified atom stereocenters. The summed E-state index contributed by atoms with van der Waals surface area (Å²) < 4.78 is 9.54. The van der Waals surface area contributed by atoms with Gasteiger partial charge in [0.2, 0.25) is 6.79 Å². The van der Waals surface area contributed by atoms with E-state index in [1.807, 2.05) is 0 Å². The third-order valence-electron chi connectivity index (χ3n) is 0.564. The Morgan fingerprint density at radius 3 is 1.78 bits per heavy atom. The molecule has 0 heterocycles. The Bertz CT molecular complexity index is 69.0. The number of hydrogen-bond acceptors (Lipinski definition) is 2. The van der Waals surface area contributed by atoms with E-state index in [1.54, 1.807) is 12.2 Å². The van der Waals surface area contributed by atoms with E-state index in [0.29, 0.717) is 13.2 Å². The van der Waals surface area contributed by atoms with Crippen molar-refractivity contribution in [3.63, 3.8) is 0 Å². The molecule has 0 aromatic heterocycles. The topological polar surface area (TPSA) is 18.5 Å². The molecule has 0 aromatic rings. The number of rotatable bonds is 6. The Hall–Kier alpha value is -0.600. The summed E-state index contributed by atoms with van der Waals surface area (Å²) in [5, 5.41) is 0. The molecule has 0 rings (SSSR count). The highest BCUT2D eigenvalue weighted by Gasteiger charge is 1.81. The van der Waals surface area contributed by atoms with Gasteiger partial charge < -0.3 is 9.47 Å². The molecule has 0 aromatic carbocycles. The van der Waals surface area contributed by atoms with Gasteiger partial charge >= 0.3 is 0 Å². The zero-order chi connectivity index (χ0) is 6.95. The predicted molar refractivity (Wildman–Crippen MR) is 36.6 cm³/mol. The molecule has 0 saturated carbocycles. The van der Waals surface area contributed by atoms with Crippen LogP contribution in [0.25, 0.3) is 0 Å². The Balaban J connectivity index is 2.74. The molecule has 0 atom stereocenters. The summed E-state index contributed by atoms with van der Waals surface area (Å²) in [5.74, 6) is 0. The van der Waals surface area contributed by atoms with Gasteiger partial charge in [0, 0.05) is 0 Å². The third-order valence-corrected chi connectivity index (χ3v) is 0.564. The average molecular weight is 127 g/mol. The Morgan fingerprint density at radius 2 is 1.44 bits per heavy atom. The van der Waals surface area contributed by atoms with Gasteiger partial charge in [-0.2, -0.15) is 0 Å². The van der Waals surface area contributed by atoms with Crippen LogP contribution in [0.15, 0.2) is 25.3 Å². The molecular formula is C7H11O2. The van der Waals surface area contributed by atoms with Crippen molar-refractivity contribution in [2.75, 3.05) is 13.2 Å². The van der Waals surface area contributed by atoms with Crippen molar-refractivity contribution in [2.24, 2.45) is 0 Å². The minimum absolute atomic E-state index is 0.483. The van der Waals surface area contributed by atoms with E-state index in [9.17, 15) is 0 Å². The van der Waals surface area contributed by atoms with Gasteiger partial charge in [0.1, 0.15) is 0 Å². The zero-order valence-corrected chi connectivity index (χ0v) is 5.38. The van der Waals surface area contributed by atoms with Crippen molar-refractivity contribution in [3.8, 4) is 0 Å². The van der Waals surface area contributed by atoms with Crippen molar-refractivity contribution in [1.82, 2.24) is 0 Å². The molecule has 9 heavy (non-hydrogen) atoms. The minimum Gasteiger partial charge on any atom is -0.344 e. The van der Waals surface area contributed by atoms with Crippen LogP contribution in [0.5, 0.6) is 0 Å². The summed E-state index contributed by atoms with van der Waals surface area (Å²) in [7, 11) is 0. The first-order valence-corrected chi connectivity index (χ1v) is 2.68. The molecule has 0 saturated heterocycles. The van der Waals surface area contributed by atoms with Gasteiger partial charge in [0.05, 0.1) is 13.2 Å². The monoisotopic (exact) mass is 127 g/mol. The first kappa shape index (κ1) is 8.40. The lowest BCUT2D eigenvalue weighted by Gasteiger charge is -1.97. The number of ether oxygens (including phenoxy) is 2. The maximum Gasteiger partial charge on any atom is 0.210 e. The van der Waals surface area contributed by atoms with Gasteiger partial charge in [-0.05, 0) is 0 Å². The van der Waals surface area contributed by atoms with Gasteiger partial charge in [0.15, 0.2) is 0 Å². The van der Waals surface area contributed by atoms with Gasteiger partial charge in [-0.25, -0.2) is 0 Å². The second-order valence-corrected chi connectivity index (χ2v) is 1.34. The van der Waals surface area contributed by atoms with Crippen molar-refractivity contribution in [1.29, 1.82) is 0 Å². The lowest BCUT2D eigenvalue weighted by molar-refractivity contribution is 0.0452. The predicted octanol–water partition coefficient (Wildman–Crippen LogP) is 1.51. The molecule has 0 amide bonds. The summed E-state index contributed by atoms with van der Waals surface area (Å²) in [5.41, 5.74) is 0. The lowest BCUT2D eigenvalue weighted by Crippen LogP contribution is -1.92. The van der Waals surface area contributed by atoms with Crippen molar-refractivity contribution < 1.29 is 9.47 Å². The van der Waals surface area contributed by atoms with Crippen LogP contribution in [-0.4, -0.2) is 13.2 Å². The molecule has 0 aliphatic heterocycles. The van der Waals surface area contributed by atoms with E-state index in [-0.39, 0.29) is 0 Å². The van der Waals surface area contributed by atoms with Gasteiger partial charge in [0.25, 0.3) is 0 Å². The molecule has 51 valence electrons. The Labute approximate surface area is 55.8 Å². The van der Waals surface area contributed by atoms with Crippen LogP contribution in [-0.2, 0) is 9.47 Å². The molecule has 2 heteroatoms. The first-order chi connectivity index (χ1) is 4.41. The quantitative estimate of drug-likeness (QED) is 0.397. The lowest BCUT2D eigenvalue weighted by atomic mass is 10.7. The second kappa shape index (κ2) is 7.40. The van der Waals surface area contributed by atoms with Gasteiger partial charge in [-0.1, -0.05) is 12.2 Å². The standard InChI is InChI=1S/C7H11O2/c1-3-5-8-7-9-6-4-2/h3-4,7H,1-2,5-6H2. The molecule has 1 radical (unpaired) electrons. The number of hydrogen-bond donors (Lipinski definition) is 0.